The lowest BCUT2D eigenvalue weighted by atomic mass is 10.0. The fraction of sp³-hybridized carbons (Fsp3) is 0.357. The van der Waals surface area contributed by atoms with Crippen molar-refractivity contribution in [2.45, 2.75) is 19.8 Å². The molecule has 1 unspecified atom stereocenters. The molecule has 0 saturated carbocycles. The van der Waals surface area contributed by atoms with Crippen molar-refractivity contribution in [2.24, 2.45) is 11.7 Å². The van der Waals surface area contributed by atoms with E-state index in [9.17, 15) is 4.79 Å². The van der Waals surface area contributed by atoms with Gasteiger partial charge in [-0.1, -0.05) is 30.7 Å². The number of furan rings is 1. The highest BCUT2D eigenvalue weighted by molar-refractivity contribution is 6.34. The minimum Gasteiger partial charge on any atom is -0.451 e. The van der Waals surface area contributed by atoms with E-state index in [0.29, 0.717) is 35.2 Å². The van der Waals surface area contributed by atoms with Gasteiger partial charge in [0.2, 0.25) is 0 Å². The van der Waals surface area contributed by atoms with E-state index < -0.39 is 0 Å². The highest BCUT2D eigenvalue weighted by atomic mass is 35.5. The monoisotopic (exact) mass is 265 g/mol. The number of fused-ring (bicyclic) bond motifs is 1. The molecule has 18 heavy (non-hydrogen) atoms. The molecule has 0 saturated heterocycles. The molecule has 1 aromatic heterocycles. The highest BCUT2D eigenvalue weighted by Crippen LogP contribution is 2.27. The fourth-order valence-electron chi connectivity index (χ4n) is 1.78. The highest BCUT2D eigenvalue weighted by Gasteiger charge is 2.14. The number of carbonyl (C=O) groups excluding carboxylic acids is 1. The minimum absolute atomic E-state index is 0.00238. The number of Topliss-reactive ketones (excluding diaryl/α,β-unsaturated/α-hetero) is 1. The van der Waals surface area contributed by atoms with Crippen LogP contribution in [0.15, 0.2) is 28.7 Å². The Labute approximate surface area is 111 Å². The standard InChI is InChI=1S/C14H16ClNO2/c1-9(8-16)5-6-12(17)13-7-10-3-2-4-11(15)14(10)18-13/h2-4,7,9H,5-6,8,16H2,1H3. The summed E-state index contributed by atoms with van der Waals surface area (Å²) in [4.78, 5) is 12.0. The lowest BCUT2D eigenvalue weighted by Gasteiger charge is -2.05. The molecule has 2 N–H and O–H groups in total. The van der Waals surface area contributed by atoms with Gasteiger partial charge in [-0.25, -0.2) is 0 Å². The van der Waals surface area contributed by atoms with Crippen LogP contribution in [0.3, 0.4) is 0 Å². The predicted molar refractivity (Wildman–Crippen MR) is 73.0 cm³/mol. The zero-order valence-electron chi connectivity index (χ0n) is 10.3. The first-order chi connectivity index (χ1) is 8.61. The van der Waals surface area contributed by atoms with Crippen LogP contribution in [0, 0.1) is 5.92 Å². The van der Waals surface area contributed by atoms with Gasteiger partial charge in [-0.3, -0.25) is 4.79 Å². The maximum absolute atomic E-state index is 12.0. The first-order valence-electron chi connectivity index (χ1n) is 6.03. The third-order valence-electron chi connectivity index (χ3n) is 3.04. The van der Waals surface area contributed by atoms with Gasteiger partial charge in [-0.15, -0.1) is 0 Å². The maximum atomic E-state index is 12.0. The molecular formula is C14H16ClNO2. The Balaban J connectivity index is 2.16. The van der Waals surface area contributed by atoms with E-state index >= 15 is 0 Å². The molecule has 4 heteroatoms. The Morgan fingerprint density at radius 3 is 2.94 bits per heavy atom. The van der Waals surface area contributed by atoms with Crippen LogP contribution < -0.4 is 5.73 Å². The number of nitrogens with two attached hydrogens (primary N) is 1. The Morgan fingerprint density at radius 1 is 1.50 bits per heavy atom. The quantitative estimate of drug-likeness (QED) is 0.840. The summed E-state index contributed by atoms with van der Waals surface area (Å²) < 4.78 is 5.51. The molecule has 0 aliphatic rings. The SMILES string of the molecule is CC(CN)CCC(=O)c1cc2cccc(Cl)c2o1. The summed E-state index contributed by atoms with van der Waals surface area (Å²) in [6, 6.07) is 7.21. The van der Waals surface area contributed by atoms with Crippen molar-refractivity contribution in [1.82, 2.24) is 0 Å². The zero-order valence-corrected chi connectivity index (χ0v) is 11.0. The number of benzene rings is 1. The molecule has 3 nitrogen and oxygen atoms in total. The van der Waals surface area contributed by atoms with Crippen molar-refractivity contribution < 1.29 is 9.21 Å². The van der Waals surface area contributed by atoms with Gasteiger partial charge in [-0.05, 0) is 31.0 Å². The third-order valence-corrected chi connectivity index (χ3v) is 3.34. The van der Waals surface area contributed by atoms with Gasteiger partial charge < -0.3 is 10.2 Å². The van der Waals surface area contributed by atoms with Gasteiger partial charge in [0.15, 0.2) is 17.1 Å². The second-order valence-electron chi connectivity index (χ2n) is 4.57. The van der Waals surface area contributed by atoms with Gasteiger partial charge >= 0.3 is 0 Å². The second-order valence-corrected chi connectivity index (χ2v) is 4.98. The van der Waals surface area contributed by atoms with E-state index in [4.69, 9.17) is 21.8 Å². The minimum atomic E-state index is 0.00238. The largest absolute Gasteiger partial charge is 0.451 e. The van der Waals surface area contributed by atoms with E-state index in [0.717, 1.165) is 11.8 Å². The Morgan fingerprint density at radius 2 is 2.28 bits per heavy atom. The molecule has 0 radical (unpaired) electrons. The number of rotatable bonds is 5. The summed E-state index contributed by atoms with van der Waals surface area (Å²) in [5.41, 5.74) is 6.10. The number of carbonyl (C=O) groups is 1. The molecule has 1 heterocycles. The number of para-hydroxylation sites is 1. The summed E-state index contributed by atoms with van der Waals surface area (Å²) in [5, 5.41) is 1.39. The van der Waals surface area contributed by atoms with Gasteiger partial charge in [0.05, 0.1) is 5.02 Å². The Hall–Kier alpha value is -1.32. The number of hydrogen-bond acceptors (Lipinski definition) is 3. The number of ketones is 1. The Bertz CT molecular complexity index is 562. The smallest absolute Gasteiger partial charge is 0.198 e. The van der Waals surface area contributed by atoms with E-state index in [1.807, 2.05) is 19.1 Å². The summed E-state index contributed by atoms with van der Waals surface area (Å²) in [6.45, 7) is 2.63. The summed E-state index contributed by atoms with van der Waals surface area (Å²) in [5.74, 6) is 0.729. The molecule has 0 spiro atoms. The van der Waals surface area contributed by atoms with Crippen LogP contribution in [-0.2, 0) is 0 Å². The average Bonchev–Trinajstić information content (AvgIpc) is 2.81. The topological polar surface area (TPSA) is 56.2 Å². The second kappa shape index (κ2) is 5.55. The van der Waals surface area contributed by atoms with Crippen molar-refractivity contribution in [3.63, 3.8) is 0 Å². The molecule has 96 valence electrons. The third kappa shape index (κ3) is 2.74. The summed E-state index contributed by atoms with van der Waals surface area (Å²) >= 11 is 6.00. The van der Waals surface area contributed by atoms with Gasteiger partial charge in [0, 0.05) is 11.8 Å². The Kier molecular flexibility index (Phi) is 4.04. The van der Waals surface area contributed by atoms with Crippen LogP contribution in [0.2, 0.25) is 5.02 Å². The first-order valence-corrected chi connectivity index (χ1v) is 6.41. The van der Waals surface area contributed by atoms with Crippen LogP contribution in [0.4, 0.5) is 0 Å². The molecule has 0 amide bonds. The predicted octanol–water partition coefficient (Wildman–Crippen LogP) is 3.64. The number of hydrogen-bond donors (Lipinski definition) is 1. The van der Waals surface area contributed by atoms with E-state index in [1.54, 1.807) is 12.1 Å². The van der Waals surface area contributed by atoms with Crippen molar-refractivity contribution in [2.75, 3.05) is 6.54 Å². The van der Waals surface area contributed by atoms with E-state index in [1.165, 1.54) is 0 Å². The van der Waals surface area contributed by atoms with Crippen molar-refractivity contribution >= 4 is 28.4 Å². The molecule has 1 aromatic carbocycles. The van der Waals surface area contributed by atoms with Crippen molar-refractivity contribution in [3.8, 4) is 0 Å². The zero-order chi connectivity index (χ0) is 13.1. The lowest BCUT2D eigenvalue weighted by Crippen LogP contribution is -2.12. The van der Waals surface area contributed by atoms with Gasteiger partial charge in [-0.2, -0.15) is 0 Å². The maximum Gasteiger partial charge on any atom is 0.198 e. The van der Waals surface area contributed by atoms with Gasteiger partial charge in [0.25, 0.3) is 0 Å². The van der Waals surface area contributed by atoms with Crippen molar-refractivity contribution in [3.05, 3.63) is 35.0 Å². The molecule has 0 fully saturated rings. The van der Waals surface area contributed by atoms with Crippen LogP contribution in [-0.4, -0.2) is 12.3 Å². The number of halogens is 1. The van der Waals surface area contributed by atoms with E-state index in [-0.39, 0.29) is 5.78 Å². The molecular weight excluding hydrogens is 250 g/mol. The molecule has 0 aliphatic heterocycles. The normalized spacial score (nSPS) is 12.8. The van der Waals surface area contributed by atoms with Crippen LogP contribution in [0.25, 0.3) is 11.0 Å². The molecule has 2 aromatic rings. The van der Waals surface area contributed by atoms with Crippen LogP contribution >= 0.6 is 11.6 Å². The van der Waals surface area contributed by atoms with Crippen molar-refractivity contribution in [1.29, 1.82) is 0 Å². The molecule has 0 aliphatic carbocycles. The summed E-state index contributed by atoms with van der Waals surface area (Å²) in [7, 11) is 0. The lowest BCUT2D eigenvalue weighted by molar-refractivity contribution is 0.0950. The van der Waals surface area contributed by atoms with Crippen LogP contribution in [0.5, 0.6) is 0 Å². The van der Waals surface area contributed by atoms with E-state index in [2.05, 4.69) is 0 Å². The molecule has 2 rings (SSSR count). The molecule has 1 atom stereocenters. The summed E-state index contributed by atoms with van der Waals surface area (Å²) in [6.07, 6.45) is 1.23. The van der Waals surface area contributed by atoms with Gasteiger partial charge in [0.1, 0.15) is 0 Å². The fourth-order valence-corrected chi connectivity index (χ4v) is 2.00. The molecule has 0 bridgehead atoms. The first kappa shape index (κ1) is 13.1. The average molecular weight is 266 g/mol. The van der Waals surface area contributed by atoms with Crippen LogP contribution in [0.1, 0.15) is 30.3 Å².